The molecule has 0 aliphatic carbocycles. The van der Waals surface area contributed by atoms with Crippen molar-refractivity contribution in [3.63, 3.8) is 0 Å². The van der Waals surface area contributed by atoms with Gasteiger partial charge in [-0.05, 0) is 25.8 Å². The summed E-state index contributed by atoms with van der Waals surface area (Å²) in [4.78, 5) is 7.72. The lowest BCUT2D eigenvalue weighted by Crippen LogP contribution is -2.02. The van der Waals surface area contributed by atoms with Crippen LogP contribution in [0.25, 0.3) is 0 Å². The zero-order valence-corrected chi connectivity index (χ0v) is 8.40. The van der Waals surface area contributed by atoms with E-state index >= 15 is 0 Å². The number of hydrogen-bond donors (Lipinski definition) is 0. The summed E-state index contributed by atoms with van der Waals surface area (Å²) in [6, 6.07) is 1.89. The van der Waals surface area contributed by atoms with Crippen LogP contribution in [0.1, 0.15) is 19.0 Å². The topological polar surface area (TPSA) is 44.2 Å². The van der Waals surface area contributed by atoms with Crippen LogP contribution in [0.4, 0.5) is 0 Å². The first-order valence-electron chi connectivity index (χ1n) is 4.77. The Morgan fingerprint density at radius 2 is 2.36 bits per heavy atom. The summed E-state index contributed by atoms with van der Waals surface area (Å²) in [5, 5.41) is 0. The van der Waals surface area contributed by atoms with Gasteiger partial charge in [-0.25, -0.2) is 9.97 Å². The van der Waals surface area contributed by atoms with E-state index in [9.17, 15) is 0 Å². The van der Waals surface area contributed by atoms with E-state index in [1.165, 1.54) is 0 Å². The highest BCUT2D eigenvalue weighted by molar-refractivity contribution is 4.96. The molecule has 1 rings (SSSR count). The molecule has 4 heteroatoms. The van der Waals surface area contributed by atoms with Crippen molar-refractivity contribution in [1.82, 2.24) is 9.97 Å². The molecule has 14 heavy (non-hydrogen) atoms. The molecule has 0 fully saturated rings. The van der Waals surface area contributed by atoms with Crippen LogP contribution < -0.4 is 0 Å². The molecule has 1 heterocycles. The number of hydrogen-bond acceptors (Lipinski definition) is 4. The molecule has 0 amide bonds. The summed E-state index contributed by atoms with van der Waals surface area (Å²) in [5.74, 6) is 0. The number of rotatable bonds is 7. The number of ether oxygens (including phenoxy) is 2. The smallest absolute Gasteiger partial charge is 0.197 e. The van der Waals surface area contributed by atoms with Crippen molar-refractivity contribution in [2.45, 2.75) is 19.8 Å². The molecule has 1 aromatic rings. The minimum absolute atomic E-state index is 0.381. The first-order valence-corrected chi connectivity index (χ1v) is 4.77. The Hall–Kier alpha value is -1.00. The fourth-order valence-corrected chi connectivity index (χ4v) is 0.983. The maximum Gasteiger partial charge on any atom is 0.197 e. The van der Waals surface area contributed by atoms with Gasteiger partial charge in [-0.15, -0.1) is 0 Å². The Labute approximate surface area is 84.3 Å². The van der Waals surface area contributed by atoms with E-state index in [1.54, 1.807) is 6.20 Å². The highest BCUT2D eigenvalue weighted by Gasteiger charge is 1.93. The Morgan fingerprint density at radius 1 is 1.43 bits per heavy atom. The molecule has 77 valence electrons. The average Bonchev–Trinajstić information content (AvgIpc) is 2.25. The van der Waals surface area contributed by atoms with Crippen molar-refractivity contribution >= 4 is 0 Å². The fourth-order valence-electron chi connectivity index (χ4n) is 0.983. The third-order valence-corrected chi connectivity index (χ3v) is 1.69. The van der Waals surface area contributed by atoms with Gasteiger partial charge in [0.05, 0.1) is 0 Å². The van der Waals surface area contributed by atoms with Crippen molar-refractivity contribution in [2.24, 2.45) is 0 Å². The number of aryl methyl sites for hydroxylation is 1. The largest absolute Gasteiger partial charge is 0.356 e. The first kappa shape index (κ1) is 11.1. The normalized spacial score (nSPS) is 10.4. The van der Waals surface area contributed by atoms with Gasteiger partial charge in [-0.3, -0.25) is 0 Å². The molecule has 0 aliphatic rings. The van der Waals surface area contributed by atoms with Crippen LogP contribution in [0, 0.1) is 6.33 Å². The minimum atomic E-state index is 0.381. The second-order valence-electron chi connectivity index (χ2n) is 2.77. The lowest BCUT2D eigenvalue weighted by molar-refractivity contribution is -0.0497. The van der Waals surface area contributed by atoms with Crippen LogP contribution in [0.3, 0.4) is 0 Å². The molecule has 0 saturated carbocycles. The van der Waals surface area contributed by atoms with E-state index in [2.05, 4.69) is 16.3 Å². The Bertz CT molecular complexity index is 229. The average molecular weight is 195 g/mol. The summed E-state index contributed by atoms with van der Waals surface area (Å²) >= 11 is 0. The zero-order valence-electron chi connectivity index (χ0n) is 8.40. The highest BCUT2D eigenvalue weighted by Crippen LogP contribution is 1.96. The molecule has 1 aromatic heterocycles. The van der Waals surface area contributed by atoms with Gasteiger partial charge >= 0.3 is 0 Å². The Morgan fingerprint density at radius 3 is 3.07 bits per heavy atom. The first-order chi connectivity index (χ1) is 6.93. The van der Waals surface area contributed by atoms with E-state index in [0.717, 1.165) is 18.5 Å². The van der Waals surface area contributed by atoms with Gasteiger partial charge < -0.3 is 9.47 Å². The monoisotopic (exact) mass is 195 g/mol. The molecule has 0 spiro atoms. The third-order valence-electron chi connectivity index (χ3n) is 1.69. The molecule has 0 unspecified atom stereocenters. The number of aromatic nitrogens is 2. The standard InChI is InChI=1S/C10H15N2O2/c1-2-13-9-14-7-3-4-10-5-6-11-8-12-10/h5-6H,2-4,7,9H2,1H3. The van der Waals surface area contributed by atoms with Crippen LogP contribution >= 0.6 is 0 Å². The molecular weight excluding hydrogens is 180 g/mol. The van der Waals surface area contributed by atoms with Gasteiger partial charge in [-0.2, -0.15) is 0 Å². The summed E-state index contributed by atoms with van der Waals surface area (Å²) in [6.07, 6.45) is 6.09. The van der Waals surface area contributed by atoms with Gasteiger partial charge in [-0.1, -0.05) is 0 Å². The Kier molecular flexibility index (Phi) is 5.86. The van der Waals surface area contributed by atoms with Crippen LogP contribution in [-0.4, -0.2) is 30.0 Å². The van der Waals surface area contributed by atoms with Gasteiger partial charge in [0.25, 0.3) is 0 Å². The van der Waals surface area contributed by atoms with Crippen LogP contribution in [0.2, 0.25) is 0 Å². The van der Waals surface area contributed by atoms with Gasteiger partial charge in [0, 0.05) is 25.1 Å². The third kappa shape index (κ3) is 4.89. The summed E-state index contributed by atoms with van der Waals surface area (Å²) in [6.45, 7) is 3.72. The van der Waals surface area contributed by atoms with E-state index < -0.39 is 0 Å². The lowest BCUT2D eigenvalue weighted by atomic mass is 10.2. The van der Waals surface area contributed by atoms with Crippen molar-refractivity contribution in [3.05, 3.63) is 24.3 Å². The van der Waals surface area contributed by atoms with Crippen molar-refractivity contribution in [2.75, 3.05) is 20.0 Å². The SMILES string of the molecule is CCOCOCCCc1ccn[c]n1. The zero-order chi connectivity index (χ0) is 10.1. The van der Waals surface area contributed by atoms with Gasteiger partial charge in [0.1, 0.15) is 6.79 Å². The van der Waals surface area contributed by atoms with Gasteiger partial charge in [0.15, 0.2) is 6.33 Å². The maximum absolute atomic E-state index is 5.22. The molecule has 1 radical (unpaired) electrons. The van der Waals surface area contributed by atoms with E-state index in [4.69, 9.17) is 9.47 Å². The van der Waals surface area contributed by atoms with Crippen molar-refractivity contribution < 1.29 is 9.47 Å². The molecule has 0 saturated heterocycles. The molecule has 4 nitrogen and oxygen atoms in total. The highest BCUT2D eigenvalue weighted by atomic mass is 16.7. The predicted molar refractivity (Wildman–Crippen MR) is 51.6 cm³/mol. The van der Waals surface area contributed by atoms with Crippen LogP contribution in [0.5, 0.6) is 0 Å². The predicted octanol–water partition coefficient (Wildman–Crippen LogP) is 1.22. The van der Waals surface area contributed by atoms with Crippen molar-refractivity contribution in [3.8, 4) is 0 Å². The van der Waals surface area contributed by atoms with Crippen LogP contribution in [-0.2, 0) is 15.9 Å². The van der Waals surface area contributed by atoms with Crippen molar-refractivity contribution in [1.29, 1.82) is 0 Å². The maximum atomic E-state index is 5.22. The minimum Gasteiger partial charge on any atom is -0.356 e. The fraction of sp³-hybridized carbons (Fsp3) is 0.600. The van der Waals surface area contributed by atoms with E-state index in [0.29, 0.717) is 20.0 Å². The van der Waals surface area contributed by atoms with Crippen LogP contribution in [0.15, 0.2) is 12.3 Å². The molecule has 0 aromatic carbocycles. The molecule has 0 N–H and O–H groups in total. The van der Waals surface area contributed by atoms with Gasteiger partial charge in [0.2, 0.25) is 0 Å². The second kappa shape index (κ2) is 7.41. The van der Waals surface area contributed by atoms with E-state index in [1.807, 2.05) is 13.0 Å². The molecule has 0 bridgehead atoms. The quantitative estimate of drug-likeness (QED) is 0.484. The molecule has 0 aliphatic heterocycles. The summed E-state index contributed by atoms with van der Waals surface area (Å²) < 4.78 is 10.3. The molecular formula is C10H15N2O2. The summed E-state index contributed by atoms with van der Waals surface area (Å²) in [5.41, 5.74) is 1.00. The van der Waals surface area contributed by atoms with E-state index in [-0.39, 0.29) is 0 Å². The lowest BCUT2D eigenvalue weighted by Gasteiger charge is -2.03. The second-order valence-corrected chi connectivity index (χ2v) is 2.77. The Balaban J connectivity index is 1.99. The molecule has 0 atom stereocenters. The summed E-state index contributed by atoms with van der Waals surface area (Å²) in [7, 11) is 0. The number of nitrogens with zero attached hydrogens (tertiary/aromatic N) is 2.